The van der Waals surface area contributed by atoms with Gasteiger partial charge in [0.25, 0.3) is 0 Å². The Morgan fingerprint density at radius 3 is 2.66 bits per heavy atom. The van der Waals surface area contributed by atoms with Crippen LogP contribution in [0.3, 0.4) is 0 Å². The molecule has 1 N–H and O–H groups in total. The number of rotatable bonds is 6. The number of ether oxygens (including phenoxy) is 2. The molecule has 204 valence electrons. The average Bonchev–Trinajstić information content (AvgIpc) is 3.26. The first-order valence-electron chi connectivity index (χ1n) is 12.4. The van der Waals surface area contributed by atoms with Gasteiger partial charge in [0.2, 0.25) is 24.3 Å². The van der Waals surface area contributed by atoms with E-state index in [4.69, 9.17) is 13.9 Å². The number of methoxy groups -OCH3 is 1. The van der Waals surface area contributed by atoms with E-state index in [0.717, 1.165) is 5.56 Å². The number of hydrogen-bond acceptors (Lipinski definition) is 9. The normalized spacial score (nSPS) is 19.1. The van der Waals surface area contributed by atoms with Crippen molar-refractivity contribution in [3.8, 4) is 28.6 Å². The van der Waals surface area contributed by atoms with Crippen molar-refractivity contribution in [1.29, 1.82) is 0 Å². The van der Waals surface area contributed by atoms with Crippen molar-refractivity contribution >= 4 is 24.3 Å². The van der Waals surface area contributed by atoms with Crippen LogP contribution in [0.4, 0.5) is 5.95 Å². The molecule has 0 spiro atoms. The molecular weight excluding hydrogens is 526 g/mol. The van der Waals surface area contributed by atoms with Crippen molar-refractivity contribution in [1.82, 2.24) is 19.7 Å². The molecule has 2 aliphatic heterocycles. The number of hydrogen-bond donors (Lipinski definition) is 1. The highest BCUT2D eigenvalue weighted by Gasteiger charge is 2.45. The van der Waals surface area contributed by atoms with E-state index in [1.165, 1.54) is 4.31 Å². The summed E-state index contributed by atoms with van der Waals surface area (Å²) in [6.45, 7) is 8.57. The molecular formula is C25H33N5O6SSi. The van der Waals surface area contributed by atoms with Crippen LogP contribution >= 0.6 is 0 Å². The van der Waals surface area contributed by atoms with Crippen molar-refractivity contribution in [2.45, 2.75) is 39.1 Å². The molecule has 0 radical (unpaired) electrons. The molecule has 0 saturated carbocycles. The van der Waals surface area contributed by atoms with Gasteiger partial charge in [-0.05, 0) is 49.8 Å². The Bertz CT molecular complexity index is 1460. The lowest BCUT2D eigenvalue weighted by Crippen LogP contribution is -2.53. The van der Waals surface area contributed by atoms with Gasteiger partial charge in [0.15, 0.2) is 5.82 Å². The van der Waals surface area contributed by atoms with Crippen LogP contribution in [0.2, 0.25) is 19.1 Å². The van der Waals surface area contributed by atoms with Gasteiger partial charge in [0, 0.05) is 29.9 Å². The van der Waals surface area contributed by atoms with Gasteiger partial charge in [-0.25, -0.2) is 12.7 Å². The zero-order valence-electron chi connectivity index (χ0n) is 22.2. The lowest BCUT2D eigenvalue weighted by Gasteiger charge is -2.42. The number of fused-ring (bicyclic) bond motifs is 3. The second kappa shape index (κ2) is 9.63. The molecule has 2 aromatic heterocycles. The fourth-order valence-corrected chi connectivity index (χ4v) is 8.17. The number of aliphatic hydroxyl groups excluding tert-OH is 1. The van der Waals surface area contributed by atoms with Crippen LogP contribution in [-0.4, -0.2) is 80.3 Å². The monoisotopic (exact) mass is 559 g/mol. The topological polar surface area (TPSA) is 129 Å². The largest absolute Gasteiger partial charge is 0.542 e. The highest BCUT2D eigenvalue weighted by atomic mass is 32.2. The summed E-state index contributed by atoms with van der Waals surface area (Å²) in [6, 6.07) is 7.88. The number of para-hydroxylation sites is 1. The molecule has 4 heterocycles. The van der Waals surface area contributed by atoms with Gasteiger partial charge in [-0.1, -0.05) is 13.0 Å². The van der Waals surface area contributed by atoms with E-state index < -0.39 is 35.6 Å². The molecule has 11 nitrogen and oxygen atoms in total. The Kier molecular flexibility index (Phi) is 6.74. The summed E-state index contributed by atoms with van der Waals surface area (Å²) >= 11 is 0. The van der Waals surface area contributed by atoms with E-state index in [-0.39, 0.29) is 12.5 Å². The third-order valence-corrected chi connectivity index (χ3v) is 11.0. The van der Waals surface area contributed by atoms with Crippen molar-refractivity contribution in [3.63, 3.8) is 0 Å². The second-order valence-corrected chi connectivity index (χ2v) is 17.0. The summed E-state index contributed by atoms with van der Waals surface area (Å²) in [6.07, 6.45) is 2.29. The highest BCUT2D eigenvalue weighted by Crippen LogP contribution is 2.42. The number of aromatic nitrogens is 4. The SMILES string of the molecule is COc1cccc2c1-n1c(-c3cncc(C)c3)nnc1N(S(=O)(=O)C[C@H](O)C1(C)COC1)CC[Si](C)(C)O2. The molecule has 1 atom stereocenters. The summed E-state index contributed by atoms with van der Waals surface area (Å²) in [7, 11) is -4.92. The maximum absolute atomic E-state index is 14.0. The van der Waals surface area contributed by atoms with Gasteiger partial charge in [-0.3, -0.25) is 9.55 Å². The van der Waals surface area contributed by atoms with Crippen molar-refractivity contribution in [2.75, 3.05) is 36.9 Å². The third kappa shape index (κ3) is 4.79. The van der Waals surface area contributed by atoms with E-state index in [9.17, 15) is 13.5 Å². The Labute approximate surface area is 223 Å². The number of sulfonamides is 1. The molecule has 3 aromatic rings. The molecule has 38 heavy (non-hydrogen) atoms. The van der Waals surface area contributed by atoms with Gasteiger partial charge < -0.3 is 19.0 Å². The fraction of sp³-hybridized carbons (Fsp3) is 0.480. The van der Waals surface area contributed by atoms with Crippen molar-refractivity contribution in [2.24, 2.45) is 5.41 Å². The third-order valence-electron chi connectivity index (χ3n) is 7.08. The van der Waals surface area contributed by atoms with E-state index in [2.05, 4.69) is 15.2 Å². The number of aryl methyl sites for hydroxylation is 1. The van der Waals surface area contributed by atoms with E-state index in [1.54, 1.807) is 30.1 Å². The molecule has 1 fully saturated rings. The maximum Gasteiger partial charge on any atom is 0.247 e. The molecule has 0 bridgehead atoms. The predicted octanol–water partition coefficient (Wildman–Crippen LogP) is 2.78. The molecule has 0 unspecified atom stereocenters. The summed E-state index contributed by atoms with van der Waals surface area (Å²) < 4.78 is 48.5. The summed E-state index contributed by atoms with van der Waals surface area (Å²) in [5.41, 5.74) is 1.46. The van der Waals surface area contributed by atoms with Crippen LogP contribution in [0.1, 0.15) is 12.5 Å². The summed E-state index contributed by atoms with van der Waals surface area (Å²) in [5, 5.41) is 19.8. The molecule has 0 amide bonds. The van der Waals surface area contributed by atoms with Gasteiger partial charge >= 0.3 is 0 Å². The van der Waals surface area contributed by atoms with Crippen LogP contribution in [0.15, 0.2) is 36.7 Å². The number of benzene rings is 1. The maximum atomic E-state index is 14.0. The standard InChI is InChI=1S/C25H33N5O6SSi/c1-17-11-18(13-26-12-17)23-27-28-24-29(37(32,33)14-21(31)25(2)15-35-16-25)9-10-38(4,5)36-20-8-6-7-19(34-3)22(20)30(23)24/h6-8,11-13,21,31H,9-10,14-16H2,1-5H3/t21-/m0/s1. The Balaban J connectivity index is 1.74. The Morgan fingerprint density at radius 1 is 1.24 bits per heavy atom. The van der Waals surface area contributed by atoms with Crippen LogP contribution < -0.4 is 13.5 Å². The zero-order valence-corrected chi connectivity index (χ0v) is 24.0. The zero-order chi connectivity index (χ0) is 27.3. The number of pyridine rings is 1. The van der Waals surface area contributed by atoms with Crippen molar-refractivity contribution in [3.05, 3.63) is 42.2 Å². The first-order valence-corrected chi connectivity index (χ1v) is 17.2. The highest BCUT2D eigenvalue weighted by molar-refractivity contribution is 7.92. The molecule has 5 rings (SSSR count). The summed E-state index contributed by atoms with van der Waals surface area (Å²) in [5.74, 6) is 1.07. The molecule has 13 heteroatoms. The minimum atomic E-state index is -4.05. The first-order chi connectivity index (χ1) is 17.9. The molecule has 1 aromatic carbocycles. The van der Waals surface area contributed by atoms with Crippen LogP contribution in [0, 0.1) is 12.3 Å². The fourth-order valence-electron chi connectivity index (χ4n) is 4.67. The predicted molar refractivity (Wildman–Crippen MR) is 145 cm³/mol. The van der Waals surface area contributed by atoms with Crippen LogP contribution in [0.25, 0.3) is 17.1 Å². The Morgan fingerprint density at radius 2 is 2.00 bits per heavy atom. The Hall–Kier alpha value is -3.00. The van der Waals surface area contributed by atoms with E-state index in [0.29, 0.717) is 47.8 Å². The first kappa shape index (κ1) is 26.6. The number of nitrogens with zero attached hydrogens (tertiary/aromatic N) is 5. The smallest absolute Gasteiger partial charge is 0.247 e. The minimum absolute atomic E-state index is 0.102. The molecule has 1 saturated heterocycles. The van der Waals surface area contributed by atoms with Crippen molar-refractivity contribution < 1.29 is 27.4 Å². The molecule has 0 aliphatic carbocycles. The lowest BCUT2D eigenvalue weighted by atomic mass is 9.83. The average molecular weight is 560 g/mol. The van der Waals surface area contributed by atoms with Crippen LogP contribution in [0.5, 0.6) is 11.5 Å². The van der Waals surface area contributed by atoms with Gasteiger partial charge in [0.1, 0.15) is 17.2 Å². The van der Waals surface area contributed by atoms with E-state index in [1.807, 2.05) is 45.1 Å². The van der Waals surface area contributed by atoms with Gasteiger partial charge in [-0.15, -0.1) is 10.2 Å². The quantitative estimate of drug-likeness (QED) is 0.453. The van der Waals surface area contributed by atoms with E-state index >= 15 is 0 Å². The number of aliphatic hydroxyl groups is 1. The minimum Gasteiger partial charge on any atom is -0.542 e. The van der Waals surface area contributed by atoms with Gasteiger partial charge in [-0.2, -0.15) is 0 Å². The summed E-state index contributed by atoms with van der Waals surface area (Å²) in [4.78, 5) is 4.31. The molecule has 2 aliphatic rings. The number of anilines is 1. The lowest BCUT2D eigenvalue weighted by molar-refractivity contribution is -0.154. The van der Waals surface area contributed by atoms with Crippen LogP contribution in [-0.2, 0) is 14.8 Å². The van der Waals surface area contributed by atoms with Gasteiger partial charge in [0.05, 0.1) is 32.2 Å². The second-order valence-electron chi connectivity index (χ2n) is 10.8.